The predicted octanol–water partition coefficient (Wildman–Crippen LogP) is 3.27. The molecule has 0 atom stereocenters. The minimum absolute atomic E-state index is 0.555. The number of hydrogen-bond donors (Lipinski definition) is 1. The maximum absolute atomic E-state index is 5.88. The number of H-pyrrole nitrogens is 1. The fraction of sp³-hybridized carbons (Fsp3) is 0.235. The Morgan fingerprint density at radius 1 is 0.909 bits per heavy atom. The SMILES string of the molecule is c1ccc(CCCCOc2ccccc2-c2nn[nH]n2)cc1. The van der Waals surface area contributed by atoms with Crippen molar-refractivity contribution in [1.29, 1.82) is 0 Å². The number of aryl methyl sites for hydroxylation is 1. The lowest BCUT2D eigenvalue weighted by atomic mass is 10.1. The molecule has 3 rings (SSSR count). The first-order valence-electron chi connectivity index (χ1n) is 7.43. The molecule has 0 aliphatic heterocycles. The average Bonchev–Trinajstić information content (AvgIpc) is 3.10. The molecule has 0 bridgehead atoms. The van der Waals surface area contributed by atoms with Crippen molar-refractivity contribution in [3.05, 3.63) is 60.2 Å². The lowest BCUT2D eigenvalue weighted by Crippen LogP contribution is -2.00. The number of nitrogens with one attached hydrogen (secondary N) is 1. The molecule has 1 aromatic heterocycles. The van der Waals surface area contributed by atoms with Crippen LogP contribution in [-0.4, -0.2) is 27.2 Å². The molecule has 1 N–H and O–H groups in total. The average molecular weight is 294 g/mol. The quantitative estimate of drug-likeness (QED) is 0.679. The van der Waals surface area contributed by atoms with Crippen LogP contribution in [-0.2, 0) is 6.42 Å². The van der Waals surface area contributed by atoms with Crippen LogP contribution < -0.4 is 4.74 Å². The Bertz CT molecular complexity index is 683. The molecule has 0 aliphatic carbocycles. The van der Waals surface area contributed by atoms with Crippen molar-refractivity contribution in [2.75, 3.05) is 6.61 Å². The zero-order valence-electron chi connectivity index (χ0n) is 12.3. The van der Waals surface area contributed by atoms with Gasteiger partial charge in [-0.2, -0.15) is 5.21 Å². The van der Waals surface area contributed by atoms with E-state index in [2.05, 4.69) is 44.9 Å². The molecule has 0 aliphatic rings. The molecule has 0 amide bonds. The van der Waals surface area contributed by atoms with Crippen molar-refractivity contribution in [3.8, 4) is 17.1 Å². The van der Waals surface area contributed by atoms with Crippen LogP contribution in [0.4, 0.5) is 0 Å². The van der Waals surface area contributed by atoms with E-state index in [4.69, 9.17) is 4.74 Å². The third kappa shape index (κ3) is 3.69. The van der Waals surface area contributed by atoms with Crippen molar-refractivity contribution in [1.82, 2.24) is 20.6 Å². The largest absolute Gasteiger partial charge is 0.493 e. The van der Waals surface area contributed by atoms with Gasteiger partial charge in [0.25, 0.3) is 0 Å². The second kappa shape index (κ2) is 7.36. The molecule has 0 unspecified atom stereocenters. The monoisotopic (exact) mass is 294 g/mol. The van der Waals surface area contributed by atoms with E-state index in [0.29, 0.717) is 12.4 Å². The lowest BCUT2D eigenvalue weighted by Gasteiger charge is -2.09. The van der Waals surface area contributed by atoms with Gasteiger partial charge in [-0.15, -0.1) is 10.2 Å². The van der Waals surface area contributed by atoms with Gasteiger partial charge in [0.15, 0.2) is 0 Å². The second-order valence-electron chi connectivity index (χ2n) is 5.02. The van der Waals surface area contributed by atoms with Crippen LogP contribution in [0.3, 0.4) is 0 Å². The maximum Gasteiger partial charge on any atom is 0.208 e. The van der Waals surface area contributed by atoms with Crippen LogP contribution in [0, 0.1) is 0 Å². The van der Waals surface area contributed by atoms with Gasteiger partial charge < -0.3 is 4.74 Å². The van der Waals surface area contributed by atoms with Crippen molar-refractivity contribution in [3.63, 3.8) is 0 Å². The Labute approximate surface area is 129 Å². The maximum atomic E-state index is 5.88. The fourth-order valence-electron chi connectivity index (χ4n) is 2.31. The highest BCUT2D eigenvalue weighted by molar-refractivity contribution is 5.63. The molecule has 0 spiro atoms. The van der Waals surface area contributed by atoms with E-state index in [1.165, 1.54) is 5.56 Å². The van der Waals surface area contributed by atoms with Gasteiger partial charge in [0.05, 0.1) is 12.2 Å². The number of nitrogens with zero attached hydrogens (tertiary/aromatic N) is 3. The summed E-state index contributed by atoms with van der Waals surface area (Å²) in [7, 11) is 0. The number of rotatable bonds is 7. The lowest BCUT2D eigenvalue weighted by molar-refractivity contribution is 0.308. The minimum atomic E-state index is 0.555. The predicted molar refractivity (Wildman–Crippen MR) is 84.5 cm³/mol. The van der Waals surface area contributed by atoms with E-state index < -0.39 is 0 Å². The van der Waals surface area contributed by atoms with Crippen molar-refractivity contribution in [2.24, 2.45) is 0 Å². The standard InChI is InChI=1S/C17H18N4O/c1-2-8-14(9-3-1)10-6-7-13-22-16-12-5-4-11-15(16)17-18-20-21-19-17/h1-5,8-9,11-12H,6-7,10,13H2,(H,18,19,20,21). The number of para-hydroxylation sites is 1. The number of benzene rings is 2. The summed E-state index contributed by atoms with van der Waals surface area (Å²) >= 11 is 0. The molecule has 5 nitrogen and oxygen atoms in total. The van der Waals surface area contributed by atoms with Crippen LogP contribution in [0.15, 0.2) is 54.6 Å². The number of unbranched alkanes of at least 4 members (excludes halogenated alkanes) is 1. The number of aromatic amines is 1. The van der Waals surface area contributed by atoms with E-state index >= 15 is 0 Å². The number of ether oxygens (including phenoxy) is 1. The van der Waals surface area contributed by atoms with Crippen molar-refractivity contribution >= 4 is 0 Å². The topological polar surface area (TPSA) is 63.7 Å². The molecule has 0 fully saturated rings. The summed E-state index contributed by atoms with van der Waals surface area (Å²) in [6, 6.07) is 18.3. The minimum Gasteiger partial charge on any atom is -0.493 e. The summed E-state index contributed by atoms with van der Waals surface area (Å²) in [4.78, 5) is 0. The second-order valence-corrected chi connectivity index (χ2v) is 5.02. The molecule has 2 aromatic carbocycles. The first kappa shape index (κ1) is 14.3. The Morgan fingerprint density at radius 2 is 1.73 bits per heavy atom. The normalized spacial score (nSPS) is 10.5. The molecule has 1 heterocycles. The van der Waals surface area contributed by atoms with Crippen molar-refractivity contribution < 1.29 is 4.74 Å². The van der Waals surface area contributed by atoms with E-state index in [-0.39, 0.29) is 0 Å². The molecule has 112 valence electrons. The first-order chi connectivity index (χ1) is 10.9. The van der Waals surface area contributed by atoms with E-state index in [9.17, 15) is 0 Å². The molecule has 0 saturated carbocycles. The third-order valence-electron chi connectivity index (χ3n) is 3.43. The highest BCUT2D eigenvalue weighted by Gasteiger charge is 2.09. The number of aromatic nitrogens is 4. The van der Waals surface area contributed by atoms with Gasteiger partial charge in [-0.05, 0) is 42.2 Å². The summed E-state index contributed by atoms with van der Waals surface area (Å²) in [6.45, 7) is 0.682. The van der Waals surface area contributed by atoms with E-state index in [1.807, 2.05) is 30.3 Å². The van der Waals surface area contributed by atoms with Crippen LogP contribution >= 0.6 is 0 Å². The van der Waals surface area contributed by atoms with E-state index in [0.717, 1.165) is 30.6 Å². The van der Waals surface area contributed by atoms with Crippen LogP contribution in [0.1, 0.15) is 18.4 Å². The Morgan fingerprint density at radius 3 is 2.55 bits per heavy atom. The van der Waals surface area contributed by atoms with Gasteiger partial charge >= 0.3 is 0 Å². The number of tetrazole rings is 1. The zero-order chi connectivity index (χ0) is 15.0. The van der Waals surface area contributed by atoms with Crippen LogP contribution in [0.2, 0.25) is 0 Å². The van der Waals surface area contributed by atoms with Gasteiger partial charge in [0, 0.05) is 0 Å². The van der Waals surface area contributed by atoms with Gasteiger partial charge in [0.2, 0.25) is 5.82 Å². The van der Waals surface area contributed by atoms with Gasteiger partial charge in [-0.1, -0.05) is 42.5 Å². The van der Waals surface area contributed by atoms with Crippen LogP contribution in [0.5, 0.6) is 5.75 Å². The smallest absolute Gasteiger partial charge is 0.208 e. The molecular formula is C17H18N4O. The van der Waals surface area contributed by atoms with Crippen molar-refractivity contribution in [2.45, 2.75) is 19.3 Å². The number of hydrogen-bond acceptors (Lipinski definition) is 4. The highest BCUT2D eigenvalue weighted by Crippen LogP contribution is 2.26. The third-order valence-corrected chi connectivity index (χ3v) is 3.43. The van der Waals surface area contributed by atoms with Gasteiger partial charge in [0.1, 0.15) is 5.75 Å². The summed E-state index contributed by atoms with van der Waals surface area (Å²) in [5, 5.41) is 14.1. The Balaban J connectivity index is 1.50. The summed E-state index contributed by atoms with van der Waals surface area (Å²) in [5.41, 5.74) is 2.23. The van der Waals surface area contributed by atoms with Gasteiger partial charge in [-0.3, -0.25) is 0 Å². The first-order valence-corrected chi connectivity index (χ1v) is 7.43. The molecule has 0 radical (unpaired) electrons. The molecule has 5 heteroatoms. The van der Waals surface area contributed by atoms with Gasteiger partial charge in [-0.25, -0.2) is 0 Å². The van der Waals surface area contributed by atoms with E-state index in [1.54, 1.807) is 0 Å². The zero-order valence-corrected chi connectivity index (χ0v) is 12.3. The Kier molecular flexibility index (Phi) is 4.77. The highest BCUT2D eigenvalue weighted by atomic mass is 16.5. The molecular weight excluding hydrogens is 276 g/mol. The van der Waals surface area contributed by atoms with Crippen LogP contribution in [0.25, 0.3) is 11.4 Å². The fourth-order valence-corrected chi connectivity index (χ4v) is 2.31. The Hall–Kier alpha value is -2.69. The summed E-state index contributed by atoms with van der Waals surface area (Å²) < 4.78 is 5.88. The summed E-state index contributed by atoms with van der Waals surface area (Å²) in [6.07, 6.45) is 3.19. The molecule has 22 heavy (non-hydrogen) atoms. The summed E-state index contributed by atoms with van der Waals surface area (Å²) in [5.74, 6) is 1.35. The molecule has 0 saturated heterocycles. The molecule has 3 aromatic rings.